The lowest BCUT2D eigenvalue weighted by atomic mass is 10.1. The van der Waals surface area contributed by atoms with Crippen LogP contribution in [0.15, 0.2) is 48.5 Å². The Hall–Kier alpha value is -3.42. The first-order valence-corrected chi connectivity index (χ1v) is 8.77. The van der Waals surface area contributed by atoms with Gasteiger partial charge in [-0.05, 0) is 36.2 Å². The third-order valence-corrected chi connectivity index (χ3v) is 4.75. The van der Waals surface area contributed by atoms with Gasteiger partial charge in [0.05, 0.1) is 11.3 Å². The van der Waals surface area contributed by atoms with Crippen LogP contribution in [0.1, 0.15) is 22.3 Å². The minimum absolute atomic E-state index is 0.164. The summed E-state index contributed by atoms with van der Waals surface area (Å²) in [6, 6.07) is 11.1. The molecule has 3 rings (SSSR count). The molecule has 1 unspecified atom stereocenters. The van der Waals surface area contributed by atoms with E-state index in [9.17, 15) is 18.8 Å². The lowest BCUT2D eigenvalue weighted by Gasteiger charge is -2.24. The third kappa shape index (κ3) is 3.95. The van der Waals surface area contributed by atoms with Crippen LogP contribution in [0.3, 0.4) is 0 Å². The fraction of sp³-hybridized carbons (Fsp3) is 0.250. The van der Waals surface area contributed by atoms with Gasteiger partial charge in [0.25, 0.3) is 0 Å². The number of hydrogen-bond acceptors (Lipinski definition) is 3. The van der Waals surface area contributed by atoms with E-state index in [1.807, 2.05) is 0 Å². The van der Waals surface area contributed by atoms with Crippen LogP contribution in [-0.4, -0.2) is 47.5 Å². The highest BCUT2D eigenvalue weighted by atomic mass is 19.1. The van der Waals surface area contributed by atoms with Crippen LogP contribution >= 0.6 is 0 Å². The zero-order valence-corrected chi connectivity index (χ0v) is 15.3. The standard InChI is InChI=1S/C20H20FN3O4/c1-23(20(28)22-12-13-6-8-14(9-7-13)19(26)27)17-10-11-24(18(17)25)16-5-3-2-4-15(16)21/h2-9,17H,10-12H2,1H3,(H,22,28)(H,26,27). The molecule has 1 heterocycles. The third-order valence-electron chi connectivity index (χ3n) is 4.75. The lowest BCUT2D eigenvalue weighted by Crippen LogP contribution is -2.47. The van der Waals surface area contributed by atoms with Crippen LogP contribution in [0.2, 0.25) is 0 Å². The number of benzene rings is 2. The largest absolute Gasteiger partial charge is 0.478 e. The van der Waals surface area contributed by atoms with Crippen molar-refractivity contribution in [3.8, 4) is 0 Å². The second-order valence-corrected chi connectivity index (χ2v) is 6.52. The van der Waals surface area contributed by atoms with E-state index in [0.29, 0.717) is 13.0 Å². The quantitative estimate of drug-likeness (QED) is 0.827. The Labute approximate surface area is 161 Å². The molecule has 3 amide bonds. The minimum atomic E-state index is -1.02. The molecule has 0 aromatic heterocycles. The maximum absolute atomic E-state index is 14.0. The number of urea groups is 1. The van der Waals surface area contributed by atoms with Crippen LogP contribution in [0.4, 0.5) is 14.9 Å². The zero-order valence-electron chi connectivity index (χ0n) is 15.3. The fourth-order valence-corrected chi connectivity index (χ4v) is 3.14. The molecule has 1 aliphatic rings. The van der Waals surface area contributed by atoms with Gasteiger partial charge in [0, 0.05) is 20.1 Å². The Kier molecular flexibility index (Phi) is 5.58. The second kappa shape index (κ2) is 8.08. The zero-order chi connectivity index (χ0) is 20.3. The molecule has 2 aromatic carbocycles. The van der Waals surface area contributed by atoms with Gasteiger partial charge in [-0.1, -0.05) is 24.3 Å². The topological polar surface area (TPSA) is 89.9 Å². The van der Waals surface area contributed by atoms with Gasteiger partial charge in [-0.2, -0.15) is 0 Å². The van der Waals surface area contributed by atoms with E-state index in [-0.39, 0.29) is 23.7 Å². The van der Waals surface area contributed by atoms with Crippen molar-refractivity contribution < 1.29 is 23.9 Å². The van der Waals surface area contributed by atoms with Gasteiger partial charge in [0.1, 0.15) is 11.9 Å². The first-order valence-electron chi connectivity index (χ1n) is 8.77. The molecule has 28 heavy (non-hydrogen) atoms. The molecular weight excluding hydrogens is 365 g/mol. The van der Waals surface area contributed by atoms with Crippen molar-refractivity contribution in [1.29, 1.82) is 0 Å². The number of amides is 3. The van der Waals surface area contributed by atoms with Crippen molar-refractivity contribution in [1.82, 2.24) is 10.2 Å². The molecule has 2 aromatic rings. The molecule has 8 heteroatoms. The van der Waals surface area contributed by atoms with Crippen LogP contribution in [0, 0.1) is 5.82 Å². The predicted molar refractivity (Wildman–Crippen MR) is 101 cm³/mol. The number of rotatable bonds is 5. The van der Waals surface area contributed by atoms with Crippen molar-refractivity contribution in [2.24, 2.45) is 0 Å². The summed E-state index contributed by atoms with van der Waals surface area (Å²) < 4.78 is 14.0. The maximum Gasteiger partial charge on any atom is 0.335 e. The molecule has 1 saturated heterocycles. The maximum atomic E-state index is 14.0. The van der Waals surface area contributed by atoms with Gasteiger partial charge in [0.2, 0.25) is 5.91 Å². The summed E-state index contributed by atoms with van der Waals surface area (Å²) in [7, 11) is 1.52. The summed E-state index contributed by atoms with van der Waals surface area (Å²) in [6.45, 7) is 0.527. The summed E-state index contributed by atoms with van der Waals surface area (Å²) in [6.07, 6.45) is 0.407. The molecule has 0 radical (unpaired) electrons. The molecule has 1 atom stereocenters. The number of para-hydroxylation sites is 1. The molecule has 2 N–H and O–H groups in total. The number of nitrogens with one attached hydrogen (secondary N) is 1. The van der Waals surface area contributed by atoms with Crippen LogP contribution in [0.25, 0.3) is 0 Å². The Morgan fingerprint density at radius 3 is 2.54 bits per heavy atom. The van der Waals surface area contributed by atoms with Crippen LogP contribution < -0.4 is 10.2 Å². The van der Waals surface area contributed by atoms with Gasteiger partial charge >= 0.3 is 12.0 Å². The van der Waals surface area contributed by atoms with Crippen molar-refractivity contribution in [2.45, 2.75) is 19.0 Å². The Morgan fingerprint density at radius 1 is 1.21 bits per heavy atom. The first-order chi connectivity index (χ1) is 13.4. The number of carboxylic acids is 1. The van der Waals surface area contributed by atoms with E-state index < -0.39 is 23.9 Å². The van der Waals surface area contributed by atoms with Crippen LogP contribution in [-0.2, 0) is 11.3 Å². The molecule has 0 bridgehead atoms. The van der Waals surface area contributed by atoms with Gasteiger partial charge in [-0.3, -0.25) is 4.79 Å². The summed E-state index contributed by atoms with van der Waals surface area (Å²) in [5, 5.41) is 11.6. The van der Waals surface area contributed by atoms with E-state index in [1.165, 1.54) is 41.1 Å². The highest BCUT2D eigenvalue weighted by Gasteiger charge is 2.38. The molecule has 146 valence electrons. The number of carbonyl (C=O) groups is 3. The number of nitrogens with zero attached hydrogens (tertiary/aromatic N) is 2. The van der Waals surface area contributed by atoms with Crippen molar-refractivity contribution in [3.05, 3.63) is 65.5 Å². The van der Waals surface area contributed by atoms with Gasteiger partial charge in [-0.25, -0.2) is 14.0 Å². The average molecular weight is 385 g/mol. The normalized spacial score (nSPS) is 16.1. The average Bonchev–Trinajstić information content (AvgIpc) is 3.07. The summed E-state index contributed by atoms with van der Waals surface area (Å²) in [5.41, 5.74) is 1.11. The first kappa shape index (κ1) is 19.3. The Balaban J connectivity index is 1.60. The Bertz CT molecular complexity index is 901. The monoisotopic (exact) mass is 385 g/mol. The summed E-state index contributed by atoms with van der Waals surface area (Å²) >= 11 is 0. The molecule has 0 saturated carbocycles. The number of halogens is 1. The van der Waals surface area contributed by atoms with Crippen LogP contribution in [0.5, 0.6) is 0 Å². The number of likely N-dealkylation sites (N-methyl/N-ethyl adjacent to an activating group) is 1. The number of hydrogen-bond donors (Lipinski definition) is 2. The number of carbonyl (C=O) groups excluding carboxylic acids is 2. The minimum Gasteiger partial charge on any atom is -0.478 e. The SMILES string of the molecule is CN(C(=O)NCc1ccc(C(=O)O)cc1)C1CCN(c2ccccc2F)C1=O. The van der Waals surface area contributed by atoms with Gasteiger partial charge in [0.15, 0.2) is 0 Å². The lowest BCUT2D eigenvalue weighted by molar-refractivity contribution is -0.120. The predicted octanol–water partition coefficient (Wildman–Crippen LogP) is 2.47. The highest BCUT2D eigenvalue weighted by Crippen LogP contribution is 2.26. The van der Waals surface area contributed by atoms with Gasteiger partial charge < -0.3 is 20.2 Å². The molecule has 0 aliphatic carbocycles. The number of carboxylic acid groups (broad SMARTS) is 1. The number of aromatic carboxylic acids is 1. The van der Waals surface area contributed by atoms with E-state index >= 15 is 0 Å². The van der Waals surface area contributed by atoms with Crippen molar-refractivity contribution in [2.75, 3.05) is 18.5 Å². The molecule has 1 aliphatic heterocycles. The Morgan fingerprint density at radius 2 is 1.89 bits per heavy atom. The van der Waals surface area contributed by atoms with E-state index in [0.717, 1.165) is 5.56 Å². The smallest absolute Gasteiger partial charge is 0.335 e. The number of anilines is 1. The van der Waals surface area contributed by atoms with Crippen molar-refractivity contribution >= 4 is 23.6 Å². The second-order valence-electron chi connectivity index (χ2n) is 6.52. The van der Waals surface area contributed by atoms with Gasteiger partial charge in [-0.15, -0.1) is 0 Å². The van der Waals surface area contributed by atoms with Crippen molar-refractivity contribution in [3.63, 3.8) is 0 Å². The van der Waals surface area contributed by atoms with E-state index in [2.05, 4.69) is 5.32 Å². The summed E-state index contributed by atoms with van der Waals surface area (Å²) in [5.74, 6) is -1.82. The van der Waals surface area contributed by atoms with E-state index in [4.69, 9.17) is 5.11 Å². The van der Waals surface area contributed by atoms with E-state index in [1.54, 1.807) is 24.3 Å². The summed E-state index contributed by atoms with van der Waals surface area (Å²) in [4.78, 5) is 38.6. The molecular formula is C20H20FN3O4. The molecule has 0 spiro atoms. The highest BCUT2D eigenvalue weighted by molar-refractivity contribution is 6.01. The molecule has 7 nitrogen and oxygen atoms in total. The fourth-order valence-electron chi connectivity index (χ4n) is 3.14. The molecule has 1 fully saturated rings.